The molecule has 4 nitrogen and oxygen atoms in total. The van der Waals surface area contributed by atoms with Crippen LogP contribution in [0, 0.1) is 25.7 Å². The molecule has 1 fully saturated rings. The Kier molecular flexibility index (Phi) is 9.80. The fourth-order valence-corrected chi connectivity index (χ4v) is 4.66. The maximum Gasteiger partial charge on any atom is 0.309 e. The normalized spacial score (nSPS) is 15.2. The standard InChI is InChI=1S/C29H41NO3/c1-4-5-6-8-24(18-26-11-10-22(2)23(3)17-26)9-7-16-33-28-14-12-25(13-15-28)19-30-20-27(21-30)29(31)32/h10-15,17,24,27H,4-9,16,18-21H2,1-3H3,(H,31,32). The van der Waals surface area contributed by atoms with Crippen LogP contribution in [0.15, 0.2) is 42.5 Å². The van der Waals surface area contributed by atoms with E-state index in [1.165, 1.54) is 60.8 Å². The van der Waals surface area contributed by atoms with Crippen LogP contribution in [-0.4, -0.2) is 35.7 Å². The zero-order valence-corrected chi connectivity index (χ0v) is 20.7. The molecule has 2 aromatic rings. The van der Waals surface area contributed by atoms with Crippen LogP contribution in [0.2, 0.25) is 0 Å². The number of nitrogens with zero attached hydrogens (tertiary/aromatic N) is 1. The van der Waals surface area contributed by atoms with Gasteiger partial charge in [0, 0.05) is 19.6 Å². The molecule has 1 unspecified atom stereocenters. The van der Waals surface area contributed by atoms with Gasteiger partial charge in [0.05, 0.1) is 12.5 Å². The van der Waals surface area contributed by atoms with E-state index in [0.717, 1.165) is 31.2 Å². The minimum absolute atomic E-state index is 0.201. The van der Waals surface area contributed by atoms with Crippen molar-refractivity contribution < 1.29 is 14.6 Å². The highest BCUT2D eigenvalue weighted by Crippen LogP contribution is 2.24. The highest BCUT2D eigenvalue weighted by molar-refractivity contribution is 5.71. The molecule has 0 bridgehead atoms. The van der Waals surface area contributed by atoms with Crippen molar-refractivity contribution in [2.75, 3.05) is 19.7 Å². The quantitative estimate of drug-likeness (QED) is 0.337. The minimum Gasteiger partial charge on any atom is -0.494 e. The highest BCUT2D eigenvalue weighted by Gasteiger charge is 2.32. The number of hydrogen-bond acceptors (Lipinski definition) is 3. The molecule has 0 saturated carbocycles. The Labute approximate surface area is 200 Å². The summed E-state index contributed by atoms with van der Waals surface area (Å²) in [4.78, 5) is 13.1. The Morgan fingerprint density at radius 1 is 1.00 bits per heavy atom. The molecule has 0 amide bonds. The van der Waals surface area contributed by atoms with Gasteiger partial charge in [0.15, 0.2) is 0 Å². The second-order valence-electron chi connectivity index (χ2n) is 9.85. The lowest BCUT2D eigenvalue weighted by molar-refractivity contribution is -0.147. The third kappa shape index (κ3) is 8.19. The average Bonchev–Trinajstić information content (AvgIpc) is 2.76. The number of ether oxygens (including phenoxy) is 1. The van der Waals surface area contributed by atoms with E-state index in [2.05, 4.69) is 56.0 Å². The van der Waals surface area contributed by atoms with Gasteiger partial charge in [0.25, 0.3) is 0 Å². The predicted octanol–water partition coefficient (Wildman–Crippen LogP) is 6.42. The van der Waals surface area contributed by atoms with Gasteiger partial charge in [0.1, 0.15) is 5.75 Å². The van der Waals surface area contributed by atoms with E-state index in [0.29, 0.717) is 13.1 Å². The summed E-state index contributed by atoms with van der Waals surface area (Å²) >= 11 is 0. The number of aliphatic carboxylic acids is 1. The van der Waals surface area contributed by atoms with E-state index in [-0.39, 0.29) is 5.92 Å². The molecule has 0 aromatic heterocycles. The Balaban J connectivity index is 1.40. The molecular formula is C29H41NO3. The molecule has 1 saturated heterocycles. The van der Waals surface area contributed by atoms with Crippen LogP contribution in [0.1, 0.15) is 67.7 Å². The predicted molar refractivity (Wildman–Crippen MR) is 135 cm³/mol. The molecule has 1 aliphatic heterocycles. The van der Waals surface area contributed by atoms with E-state index in [4.69, 9.17) is 9.84 Å². The summed E-state index contributed by atoms with van der Waals surface area (Å²) in [6, 6.07) is 15.2. The molecule has 180 valence electrons. The summed E-state index contributed by atoms with van der Waals surface area (Å²) in [6.07, 6.45) is 8.65. The van der Waals surface area contributed by atoms with Crippen LogP contribution in [0.3, 0.4) is 0 Å². The smallest absolute Gasteiger partial charge is 0.309 e. The molecular weight excluding hydrogens is 410 g/mol. The lowest BCUT2D eigenvalue weighted by Gasteiger charge is -2.36. The molecule has 1 heterocycles. The second kappa shape index (κ2) is 12.8. The zero-order valence-electron chi connectivity index (χ0n) is 20.7. The Hall–Kier alpha value is -2.33. The Bertz CT molecular complexity index is 871. The van der Waals surface area contributed by atoms with Crippen LogP contribution in [0.5, 0.6) is 5.75 Å². The van der Waals surface area contributed by atoms with Gasteiger partial charge >= 0.3 is 5.97 Å². The summed E-state index contributed by atoms with van der Waals surface area (Å²) in [5, 5.41) is 9.00. The molecule has 4 heteroatoms. The topological polar surface area (TPSA) is 49.8 Å². The first-order valence-corrected chi connectivity index (χ1v) is 12.7. The fourth-order valence-electron chi connectivity index (χ4n) is 4.66. The molecule has 0 radical (unpaired) electrons. The van der Waals surface area contributed by atoms with E-state index >= 15 is 0 Å². The van der Waals surface area contributed by atoms with Gasteiger partial charge in [0.2, 0.25) is 0 Å². The summed E-state index contributed by atoms with van der Waals surface area (Å²) in [5.74, 6) is 0.753. The van der Waals surface area contributed by atoms with Gasteiger partial charge in [-0.05, 0) is 73.4 Å². The van der Waals surface area contributed by atoms with Crippen molar-refractivity contribution in [3.05, 3.63) is 64.7 Å². The molecule has 3 rings (SSSR count). The molecule has 0 spiro atoms. The maximum atomic E-state index is 10.9. The third-order valence-electron chi connectivity index (χ3n) is 6.97. The average molecular weight is 452 g/mol. The van der Waals surface area contributed by atoms with Gasteiger partial charge in [-0.3, -0.25) is 9.69 Å². The fraction of sp³-hybridized carbons (Fsp3) is 0.552. The van der Waals surface area contributed by atoms with Crippen molar-refractivity contribution in [1.82, 2.24) is 4.90 Å². The molecule has 1 N–H and O–H groups in total. The first-order valence-electron chi connectivity index (χ1n) is 12.7. The SMILES string of the molecule is CCCCCC(CCCOc1ccc(CN2CC(C(=O)O)C2)cc1)Cc1ccc(C)c(C)c1. The molecule has 0 aliphatic carbocycles. The lowest BCUT2D eigenvalue weighted by atomic mass is 9.89. The van der Waals surface area contributed by atoms with E-state index in [1.54, 1.807) is 0 Å². The van der Waals surface area contributed by atoms with Crippen molar-refractivity contribution in [1.29, 1.82) is 0 Å². The molecule has 33 heavy (non-hydrogen) atoms. The number of hydrogen-bond donors (Lipinski definition) is 1. The molecule has 2 aromatic carbocycles. The van der Waals surface area contributed by atoms with E-state index in [1.807, 2.05) is 12.1 Å². The second-order valence-corrected chi connectivity index (χ2v) is 9.85. The molecule has 1 aliphatic rings. The van der Waals surface area contributed by atoms with E-state index < -0.39 is 5.97 Å². The van der Waals surface area contributed by atoms with Gasteiger partial charge in [-0.2, -0.15) is 0 Å². The van der Waals surface area contributed by atoms with Crippen LogP contribution >= 0.6 is 0 Å². The Morgan fingerprint density at radius 3 is 2.36 bits per heavy atom. The van der Waals surface area contributed by atoms with Gasteiger partial charge in [-0.1, -0.05) is 62.9 Å². The number of carboxylic acids is 1. The van der Waals surface area contributed by atoms with Crippen LogP contribution in [-0.2, 0) is 17.8 Å². The van der Waals surface area contributed by atoms with Gasteiger partial charge in [-0.15, -0.1) is 0 Å². The first kappa shape index (κ1) is 25.3. The summed E-state index contributed by atoms with van der Waals surface area (Å²) in [7, 11) is 0. The zero-order chi connectivity index (χ0) is 23.6. The third-order valence-corrected chi connectivity index (χ3v) is 6.97. The monoisotopic (exact) mass is 451 g/mol. The highest BCUT2D eigenvalue weighted by atomic mass is 16.5. The number of likely N-dealkylation sites (tertiary alicyclic amines) is 1. The number of rotatable bonds is 14. The van der Waals surface area contributed by atoms with Crippen molar-refractivity contribution in [3.8, 4) is 5.75 Å². The van der Waals surface area contributed by atoms with Crippen LogP contribution in [0.4, 0.5) is 0 Å². The van der Waals surface area contributed by atoms with Crippen molar-refractivity contribution in [2.45, 2.75) is 72.3 Å². The summed E-state index contributed by atoms with van der Waals surface area (Å²) in [6.45, 7) is 9.52. The lowest BCUT2D eigenvalue weighted by Crippen LogP contribution is -2.49. The van der Waals surface area contributed by atoms with Crippen molar-refractivity contribution >= 4 is 5.97 Å². The van der Waals surface area contributed by atoms with E-state index in [9.17, 15) is 4.79 Å². The number of benzene rings is 2. The Morgan fingerprint density at radius 2 is 1.70 bits per heavy atom. The van der Waals surface area contributed by atoms with Crippen molar-refractivity contribution in [2.24, 2.45) is 11.8 Å². The van der Waals surface area contributed by atoms with Crippen LogP contribution < -0.4 is 4.74 Å². The summed E-state index contributed by atoms with van der Waals surface area (Å²) < 4.78 is 6.02. The number of unbranched alkanes of at least 4 members (excludes halogenated alkanes) is 2. The molecule has 1 atom stereocenters. The van der Waals surface area contributed by atoms with Crippen LogP contribution in [0.25, 0.3) is 0 Å². The first-order chi connectivity index (χ1) is 15.9. The largest absolute Gasteiger partial charge is 0.494 e. The number of carbonyl (C=O) groups is 1. The van der Waals surface area contributed by atoms with Gasteiger partial charge < -0.3 is 9.84 Å². The summed E-state index contributed by atoms with van der Waals surface area (Å²) in [5.41, 5.74) is 5.43. The van der Waals surface area contributed by atoms with Crippen molar-refractivity contribution in [3.63, 3.8) is 0 Å². The maximum absolute atomic E-state index is 10.9. The number of aryl methyl sites for hydroxylation is 2. The number of carboxylic acid groups (broad SMARTS) is 1. The minimum atomic E-state index is -0.684. The van der Waals surface area contributed by atoms with Gasteiger partial charge in [-0.25, -0.2) is 0 Å².